The minimum absolute atomic E-state index is 0.0669. The number of hydrogen-bond donors (Lipinski definition) is 1. The van der Waals surface area contributed by atoms with Crippen LogP contribution in [0.25, 0.3) is 0 Å². The van der Waals surface area contributed by atoms with Gasteiger partial charge >= 0.3 is 6.03 Å². The molecule has 19 heavy (non-hydrogen) atoms. The highest BCUT2D eigenvalue weighted by Crippen LogP contribution is 2.31. The van der Waals surface area contributed by atoms with Gasteiger partial charge in [-0.1, -0.05) is 26.1 Å². The minimum atomic E-state index is -0.0669. The molecule has 4 nitrogen and oxygen atoms in total. The number of carbonyl (C=O) groups is 1. The Hall–Kier alpha value is -0.840. The molecule has 2 saturated heterocycles. The van der Waals surface area contributed by atoms with Gasteiger partial charge in [0.25, 0.3) is 0 Å². The number of hydrogen-bond acceptors (Lipinski definition) is 2. The first-order valence-electron chi connectivity index (χ1n) is 7.26. The van der Waals surface area contributed by atoms with Crippen molar-refractivity contribution in [1.29, 1.82) is 0 Å². The molecule has 0 spiro atoms. The molecule has 0 aromatic carbocycles. The van der Waals surface area contributed by atoms with E-state index in [2.05, 4.69) is 13.8 Å². The van der Waals surface area contributed by atoms with Crippen LogP contribution in [0.1, 0.15) is 39.5 Å². The Morgan fingerprint density at radius 3 is 2.11 bits per heavy atom. The van der Waals surface area contributed by atoms with Crippen molar-refractivity contribution < 1.29 is 4.79 Å². The molecule has 0 atom stereocenters. The summed E-state index contributed by atoms with van der Waals surface area (Å²) < 4.78 is 0. The van der Waals surface area contributed by atoms with Gasteiger partial charge in [0.15, 0.2) is 0 Å². The van der Waals surface area contributed by atoms with Crippen LogP contribution in [0, 0.1) is 11.3 Å². The molecule has 108 valence electrons. The quantitative estimate of drug-likeness (QED) is 0.751. The van der Waals surface area contributed by atoms with Crippen LogP contribution < -0.4 is 5.73 Å². The standard InChI is InChI=1S/C14H25N3OS/c1-11-3-7-16(8-4-11)13(18)17-9-5-14(2,6-10-17)12(15)19/h11H,3-10H2,1-2H3,(H2,15,19). The number of carbonyl (C=O) groups excluding carboxylic acids is 1. The largest absolute Gasteiger partial charge is 0.393 e. The maximum absolute atomic E-state index is 12.4. The molecule has 2 aliphatic rings. The molecule has 0 radical (unpaired) electrons. The second-order valence-corrected chi connectivity index (χ2v) is 6.80. The third-order valence-corrected chi connectivity index (χ3v) is 5.28. The Bertz CT molecular complexity index is 356. The Labute approximate surface area is 121 Å². The summed E-state index contributed by atoms with van der Waals surface area (Å²) in [4.78, 5) is 17.0. The summed E-state index contributed by atoms with van der Waals surface area (Å²) in [5.41, 5.74) is 5.73. The molecule has 2 N–H and O–H groups in total. The summed E-state index contributed by atoms with van der Waals surface area (Å²) >= 11 is 5.14. The average Bonchev–Trinajstić information content (AvgIpc) is 2.39. The van der Waals surface area contributed by atoms with Gasteiger partial charge in [-0.25, -0.2) is 4.79 Å². The fraction of sp³-hybridized carbons (Fsp3) is 0.857. The van der Waals surface area contributed by atoms with Gasteiger partial charge in [0.05, 0.1) is 4.99 Å². The van der Waals surface area contributed by atoms with E-state index in [1.807, 2.05) is 9.80 Å². The third-order valence-electron chi connectivity index (χ3n) is 4.79. The number of nitrogens with two attached hydrogens (primary N) is 1. The molecule has 2 rings (SSSR count). The molecule has 0 aromatic rings. The van der Waals surface area contributed by atoms with E-state index in [0.29, 0.717) is 4.99 Å². The summed E-state index contributed by atoms with van der Waals surface area (Å²) in [6.45, 7) is 7.74. The van der Waals surface area contributed by atoms with Crippen molar-refractivity contribution in [2.24, 2.45) is 17.1 Å². The van der Waals surface area contributed by atoms with Gasteiger partial charge in [-0.15, -0.1) is 0 Å². The highest BCUT2D eigenvalue weighted by molar-refractivity contribution is 7.80. The van der Waals surface area contributed by atoms with E-state index >= 15 is 0 Å². The number of likely N-dealkylation sites (tertiary alicyclic amines) is 2. The normalized spacial score (nSPS) is 24.3. The zero-order valence-corrected chi connectivity index (χ0v) is 12.8. The van der Waals surface area contributed by atoms with Crippen molar-refractivity contribution in [3.8, 4) is 0 Å². The maximum atomic E-state index is 12.4. The lowest BCUT2D eigenvalue weighted by Gasteiger charge is -2.41. The van der Waals surface area contributed by atoms with Crippen molar-refractivity contribution in [3.63, 3.8) is 0 Å². The first-order valence-corrected chi connectivity index (χ1v) is 7.67. The van der Waals surface area contributed by atoms with Crippen LogP contribution in [-0.4, -0.2) is 47.0 Å². The van der Waals surface area contributed by atoms with Gasteiger partial charge in [-0.05, 0) is 31.6 Å². The summed E-state index contributed by atoms with van der Waals surface area (Å²) in [6.07, 6.45) is 4.03. The van der Waals surface area contributed by atoms with Crippen LogP contribution in [0.4, 0.5) is 4.79 Å². The van der Waals surface area contributed by atoms with Crippen LogP contribution in [0.15, 0.2) is 0 Å². The number of urea groups is 1. The van der Waals surface area contributed by atoms with Gasteiger partial charge in [0.2, 0.25) is 0 Å². The van der Waals surface area contributed by atoms with E-state index in [9.17, 15) is 4.79 Å². The van der Waals surface area contributed by atoms with E-state index in [4.69, 9.17) is 18.0 Å². The Morgan fingerprint density at radius 1 is 1.16 bits per heavy atom. The number of piperidine rings is 2. The third kappa shape index (κ3) is 3.19. The van der Waals surface area contributed by atoms with Crippen molar-refractivity contribution in [1.82, 2.24) is 9.80 Å². The van der Waals surface area contributed by atoms with Crippen molar-refractivity contribution in [2.45, 2.75) is 39.5 Å². The van der Waals surface area contributed by atoms with Crippen molar-refractivity contribution in [2.75, 3.05) is 26.2 Å². The maximum Gasteiger partial charge on any atom is 0.319 e. The Morgan fingerprint density at radius 2 is 1.63 bits per heavy atom. The van der Waals surface area contributed by atoms with Crippen LogP contribution >= 0.6 is 12.2 Å². The van der Waals surface area contributed by atoms with Crippen LogP contribution in [0.2, 0.25) is 0 Å². The predicted octanol–water partition coefficient (Wildman–Crippen LogP) is 2.23. The van der Waals surface area contributed by atoms with Crippen molar-refractivity contribution in [3.05, 3.63) is 0 Å². The lowest BCUT2D eigenvalue weighted by molar-refractivity contribution is 0.112. The minimum Gasteiger partial charge on any atom is -0.393 e. The summed E-state index contributed by atoms with van der Waals surface area (Å²) in [7, 11) is 0. The summed E-state index contributed by atoms with van der Waals surface area (Å²) in [5, 5.41) is 0. The second-order valence-electron chi connectivity index (χ2n) is 6.36. The monoisotopic (exact) mass is 283 g/mol. The fourth-order valence-electron chi connectivity index (χ4n) is 2.84. The molecule has 0 saturated carbocycles. The molecule has 2 fully saturated rings. The molecule has 2 aliphatic heterocycles. The van der Waals surface area contributed by atoms with Gasteiger partial charge in [-0.3, -0.25) is 0 Å². The zero-order valence-electron chi connectivity index (χ0n) is 12.0. The smallest absolute Gasteiger partial charge is 0.319 e. The molecular formula is C14H25N3OS. The lowest BCUT2D eigenvalue weighted by Crippen LogP contribution is -2.52. The fourth-order valence-corrected chi connectivity index (χ4v) is 3.04. The van der Waals surface area contributed by atoms with E-state index in [-0.39, 0.29) is 11.4 Å². The van der Waals surface area contributed by atoms with Crippen LogP contribution in [0.3, 0.4) is 0 Å². The molecule has 2 amide bonds. The second kappa shape index (κ2) is 5.65. The van der Waals surface area contributed by atoms with E-state index < -0.39 is 0 Å². The Kier molecular flexibility index (Phi) is 4.33. The van der Waals surface area contributed by atoms with E-state index in [1.165, 1.54) is 0 Å². The predicted molar refractivity (Wildman–Crippen MR) is 81.1 cm³/mol. The Balaban J connectivity index is 1.87. The highest BCUT2D eigenvalue weighted by Gasteiger charge is 2.35. The summed E-state index contributed by atoms with van der Waals surface area (Å²) in [5.74, 6) is 0.753. The average molecular weight is 283 g/mol. The topological polar surface area (TPSA) is 49.6 Å². The van der Waals surface area contributed by atoms with Crippen LogP contribution in [0.5, 0.6) is 0 Å². The van der Waals surface area contributed by atoms with Crippen LogP contribution in [-0.2, 0) is 0 Å². The molecule has 0 aliphatic carbocycles. The first-order chi connectivity index (χ1) is 8.92. The number of thiocarbonyl (C=S) groups is 1. The van der Waals surface area contributed by atoms with Gasteiger partial charge in [-0.2, -0.15) is 0 Å². The van der Waals surface area contributed by atoms with Gasteiger partial charge in [0, 0.05) is 31.6 Å². The molecule has 5 heteroatoms. The van der Waals surface area contributed by atoms with E-state index in [0.717, 1.165) is 57.8 Å². The van der Waals surface area contributed by atoms with Crippen molar-refractivity contribution >= 4 is 23.2 Å². The SMILES string of the molecule is CC1CCN(C(=O)N2CCC(C)(C(N)=S)CC2)CC1. The van der Waals surface area contributed by atoms with E-state index in [1.54, 1.807) is 0 Å². The first kappa shape index (κ1) is 14.6. The molecule has 0 aromatic heterocycles. The lowest BCUT2D eigenvalue weighted by atomic mass is 9.80. The summed E-state index contributed by atoms with van der Waals surface area (Å²) in [6, 6.07) is 0.205. The van der Waals surface area contributed by atoms with Gasteiger partial charge in [0.1, 0.15) is 0 Å². The molecule has 2 heterocycles. The number of amides is 2. The number of nitrogens with zero attached hydrogens (tertiary/aromatic N) is 2. The van der Waals surface area contributed by atoms with Gasteiger partial charge < -0.3 is 15.5 Å². The highest BCUT2D eigenvalue weighted by atomic mass is 32.1. The molecular weight excluding hydrogens is 258 g/mol. The number of rotatable bonds is 1. The molecule has 0 bridgehead atoms. The zero-order chi connectivity index (χ0) is 14.0. The molecule has 0 unspecified atom stereocenters.